The van der Waals surface area contributed by atoms with E-state index in [1.54, 1.807) is 24.3 Å². The van der Waals surface area contributed by atoms with Gasteiger partial charge in [-0.15, -0.1) is 0 Å². The van der Waals surface area contributed by atoms with Crippen molar-refractivity contribution in [1.29, 1.82) is 0 Å². The number of hydrogen-bond donors (Lipinski definition) is 1. The van der Waals surface area contributed by atoms with Crippen LogP contribution in [0.4, 0.5) is 11.4 Å². The topological polar surface area (TPSA) is 75.7 Å². The van der Waals surface area contributed by atoms with Gasteiger partial charge in [-0.2, -0.15) is 0 Å². The first kappa shape index (κ1) is 20.8. The number of hydrogen-bond acceptors (Lipinski definition) is 4. The Morgan fingerprint density at radius 1 is 1.11 bits per heavy atom. The molecule has 146 valence electrons. The number of nitrogens with zero attached hydrogens (tertiary/aromatic N) is 1. The number of sulfonamides is 1. The minimum Gasteiger partial charge on any atom is -0.481 e. The second-order valence-corrected chi connectivity index (χ2v) is 8.54. The van der Waals surface area contributed by atoms with Gasteiger partial charge in [0.05, 0.1) is 11.9 Å². The molecule has 0 saturated heterocycles. The van der Waals surface area contributed by atoms with Crippen LogP contribution in [0.2, 0.25) is 0 Å². The van der Waals surface area contributed by atoms with Gasteiger partial charge in [-0.3, -0.25) is 9.10 Å². The summed E-state index contributed by atoms with van der Waals surface area (Å²) >= 11 is 0. The maximum atomic E-state index is 12.5. The Morgan fingerprint density at radius 2 is 1.74 bits per heavy atom. The van der Waals surface area contributed by atoms with Crippen molar-refractivity contribution in [3.63, 3.8) is 0 Å². The Bertz CT molecular complexity index is 908. The number of aryl methyl sites for hydroxylation is 2. The minimum atomic E-state index is -3.32. The molecule has 0 aromatic heterocycles. The maximum Gasteiger partial charge on any atom is 0.265 e. The lowest BCUT2D eigenvalue weighted by molar-refractivity contribution is -0.122. The first-order valence-corrected chi connectivity index (χ1v) is 10.6. The predicted octanol–water partition coefficient (Wildman–Crippen LogP) is 3.50. The highest BCUT2D eigenvalue weighted by atomic mass is 32.2. The number of ether oxygens (including phenoxy) is 1. The SMILES string of the molecule is CC[C@@H](Oc1ccc(N(C)S(C)(=O)=O)cc1)C(=O)Nc1ccc(C)c(C)c1. The van der Waals surface area contributed by atoms with E-state index < -0.39 is 16.1 Å². The third-order valence-corrected chi connectivity index (χ3v) is 5.62. The van der Waals surface area contributed by atoms with Crippen LogP contribution >= 0.6 is 0 Å². The fourth-order valence-electron chi connectivity index (χ4n) is 2.45. The smallest absolute Gasteiger partial charge is 0.265 e. The molecule has 2 rings (SSSR count). The lowest BCUT2D eigenvalue weighted by Crippen LogP contribution is -2.32. The zero-order valence-corrected chi connectivity index (χ0v) is 17.1. The van der Waals surface area contributed by atoms with Gasteiger partial charge >= 0.3 is 0 Å². The molecule has 6 nitrogen and oxygen atoms in total. The van der Waals surface area contributed by atoms with Crippen LogP contribution in [0.25, 0.3) is 0 Å². The van der Waals surface area contributed by atoms with Gasteiger partial charge in [0.2, 0.25) is 10.0 Å². The third-order valence-electron chi connectivity index (χ3n) is 4.41. The van der Waals surface area contributed by atoms with Gasteiger partial charge in [0, 0.05) is 12.7 Å². The molecule has 0 fully saturated rings. The molecular formula is C20H26N2O4S. The molecule has 1 N–H and O–H groups in total. The minimum absolute atomic E-state index is 0.224. The summed E-state index contributed by atoms with van der Waals surface area (Å²) in [7, 11) is -1.84. The molecule has 2 aromatic carbocycles. The Morgan fingerprint density at radius 3 is 2.26 bits per heavy atom. The molecular weight excluding hydrogens is 364 g/mol. The molecule has 0 heterocycles. The van der Waals surface area contributed by atoms with Crippen LogP contribution in [0.5, 0.6) is 5.75 Å². The van der Waals surface area contributed by atoms with E-state index in [0.717, 1.165) is 23.1 Å². The summed E-state index contributed by atoms with van der Waals surface area (Å²) in [5.41, 5.74) is 3.52. The molecule has 0 saturated carbocycles. The standard InChI is InChI=1S/C20H26N2O4S/c1-6-19(20(23)21-16-8-7-14(2)15(3)13-16)26-18-11-9-17(10-12-18)22(4)27(5,24)25/h7-13,19H,6H2,1-5H3,(H,21,23)/t19-/m1/s1. The number of carbonyl (C=O) groups excluding carboxylic acids is 1. The first-order chi connectivity index (χ1) is 12.6. The Labute approximate surface area is 161 Å². The Balaban J connectivity index is 2.07. The molecule has 1 amide bonds. The van der Waals surface area contributed by atoms with Crippen LogP contribution in [0.15, 0.2) is 42.5 Å². The van der Waals surface area contributed by atoms with E-state index in [1.165, 1.54) is 11.4 Å². The molecule has 0 aliphatic carbocycles. The van der Waals surface area contributed by atoms with E-state index >= 15 is 0 Å². The summed E-state index contributed by atoms with van der Waals surface area (Å²) in [6.07, 6.45) is 0.994. The second-order valence-electron chi connectivity index (χ2n) is 6.53. The maximum absolute atomic E-state index is 12.5. The normalized spacial score (nSPS) is 12.3. The summed E-state index contributed by atoms with van der Waals surface area (Å²) in [5.74, 6) is 0.279. The summed E-state index contributed by atoms with van der Waals surface area (Å²) in [6.45, 7) is 5.88. The fourth-order valence-corrected chi connectivity index (χ4v) is 2.96. The van der Waals surface area contributed by atoms with Crippen LogP contribution in [0.3, 0.4) is 0 Å². The first-order valence-electron chi connectivity index (χ1n) is 8.70. The van der Waals surface area contributed by atoms with Crippen LogP contribution in [0.1, 0.15) is 24.5 Å². The van der Waals surface area contributed by atoms with E-state index in [2.05, 4.69) is 5.32 Å². The number of anilines is 2. The second kappa shape index (κ2) is 8.43. The highest BCUT2D eigenvalue weighted by Crippen LogP contribution is 2.22. The van der Waals surface area contributed by atoms with Gasteiger partial charge in [-0.1, -0.05) is 13.0 Å². The summed E-state index contributed by atoms with van der Waals surface area (Å²) < 4.78 is 30.2. The van der Waals surface area contributed by atoms with Crippen molar-refractivity contribution in [2.45, 2.75) is 33.3 Å². The molecule has 0 aliphatic heterocycles. The van der Waals surface area contributed by atoms with Crippen LogP contribution in [0, 0.1) is 13.8 Å². The lowest BCUT2D eigenvalue weighted by atomic mass is 10.1. The van der Waals surface area contributed by atoms with Gasteiger partial charge in [-0.25, -0.2) is 8.42 Å². The summed E-state index contributed by atoms with van der Waals surface area (Å²) in [6, 6.07) is 12.4. The highest BCUT2D eigenvalue weighted by molar-refractivity contribution is 7.92. The molecule has 0 radical (unpaired) electrons. The van der Waals surface area contributed by atoms with Crippen molar-refractivity contribution in [3.8, 4) is 5.75 Å². The van der Waals surface area contributed by atoms with Gasteiger partial charge in [-0.05, 0) is 67.8 Å². The van der Waals surface area contributed by atoms with Gasteiger partial charge in [0.1, 0.15) is 5.75 Å². The van der Waals surface area contributed by atoms with Gasteiger partial charge in [0.25, 0.3) is 5.91 Å². The molecule has 2 aromatic rings. The van der Waals surface area contributed by atoms with Crippen molar-refractivity contribution in [2.24, 2.45) is 0 Å². The monoisotopic (exact) mass is 390 g/mol. The quantitative estimate of drug-likeness (QED) is 0.785. The molecule has 0 bridgehead atoms. The molecule has 0 unspecified atom stereocenters. The Hall–Kier alpha value is -2.54. The largest absolute Gasteiger partial charge is 0.481 e. The van der Waals surface area contributed by atoms with E-state index in [4.69, 9.17) is 4.74 Å². The molecule has 27 heavy (non-hydrogen) atoms. The molecule has 0 spiro atoms. The molecule has 7 heteroatoms. The van der Waals surface area contributed by atoms with E-state index in [-0.39, 0.29) is 5.91 Å². The van der Waals surface area contributed by atoms with E-state index in [0.29, 0.717) is 17.9 Å². The van der Waals surface area contributed by atoms with Crippen molar-refractivity contribution < 1.29 is 17.9 Å². The number of amides is 1. The van der Waals surface area contributed by atoms with Crippen LogP contribution in [-0.4, -0.2) is 33.7 Å². The number of rotatable bonds is 7. The van der Waals surface area contributed by atoms with Gasteiger partial charge < -0.3 is 10.1 Å². The highest BCUT2D eigenvalue weighted by Gasteiger charge is 2.19. The summed E-state index contributed by atoms with van der Waals surface area (Å²) in [5, 5.41) is 2.88. The van der Waals surface area contributed by atoms with Gasteiger partial charge in [0.15, 0.2) is 6.10 Å². The zero-order valence-electron chi connectivity index (χ0n) is 16.3. The third kappa shape index (κ3) is 5.47. The van der Waals surface area contributed by atoms with E-state index in [9.17, 15) is 13.2 Å². The predicted molar refractivity (Wildman–Crippen MR) is 109 cm³/mol. The van der Waals surface area contributed by atoms with Crippen molar-refractivity contribution in [2.75, 3.05) is 22.9 Å². The van der Waals surface area contributed by atoms with Crippen molar-refractivity contribution in [1.82, 2.24) is 0 Å². The van der Waals surface area contributed by atoms with Crippen molar-refractivity contribution >= 4 is 27.3 Å². The van der Waals surface area contributed by atoms with Crippen LogP contribution < -0.4 is 14.4 Å². The fraction of sp³-hybridized carbons (Fsp3) is 0.350. The summed E-state index contributed by atoms with van der Waals surface area (Å²) in [4.78, 5) is 12.5. The molecule has 1 atom stereocenters. The Kier molecular flexibility index (Phi) is 6.49. The zero-order chi connectivity index (χ0) is 20.2. The van der Waals surface area contributed by atoms with E-state index in [1.807, 2.05) is 39.0 Å². The number of benzene rings is 2. The van der Waals surface area contributed by atoms with Crippen molar-refractivity contribution in [3.05, 3.63) is 53.6 Å². The number of nitrogens with one attached hydrogen (secondary N) is 1. The lowest BCUT2D eigenvalue weighted by Gasteiger charge is -2.19. The molecule has 0 aliphatic rings. The number of carbonyl (C=O) groups is 1. The van der Waals surface area contributed by atoms with Crippen LogP contribution in [-0.2, 0) is 14.8 Å². The average Bonchev–Trinajstić information content (AvgIpc) is 2.61. The average molecular weight is 391 g/mol.